The van der Waals surface area contributed by atoms with Crippen LogP contribution in [0.5, 0.6) is 5.75 Å². The number of carbonyl (C=O) groups is 2. The number of hydrogen-bond acceptors (Lipinski definition) is 7. The van der Waals surface area contributed by atoms with Gasteiger partial charge in [-0.25, -0.2) is 20.8 Å². The molecule has 0 unspecified atom stereocenters. The Morgan fingerprint density at radius 3 is 2.77 bits per heavy atom. The lowest BCUT2D eigenvalue weighted by atomic mass is 10.2. The average Bonchev–Trinajstić information content (AvgIpc) is 3.20. The van der Waals surface area contributed by atoms with Crippen LogP contribution in [0.4, 0.5) is 5.82 Å². The number of carbonyl (C=O) groups excluding carboxylic acids is 2. The van der Waals surface area contributed by atoms with Gasteiger partial charge in [0.1, 0.15) is 12.0 Å². The van der Waals surface area contributed by atoms with Gasteiger partial charge in [0, 0.05) is 17.0 Å². The first-order valence-corrected chi connectivity index (χ1v) is 8.54. The van der Waals surface area contributed by atoms with Gasteiger partial charge in [0.2, 0.25) is 0 Å². The van der Waals surface area contributed by atoms with Crippen molar-refractivity contribution in [1.82, 2.24) is 9.97 Å². The lowest BCUT2D eigenvalue weighted by Crippen LogP contribution is -2.39. The number of fused-ring (bicyclic) bond motifs is 1. The molecule has 26 heavy (non-hydrogen) atoms. The van der Waals surface area contributed by atoms with Gasteiger partial charge in [0.15, 0.2) is 11.6 Å². The number of nitrogens with zero attached hydrogens (tertiary/aromatic N) is 3. The number of ether oxygens (including phenoxy) is 1. The molecule has 0 aliphatic heterocycles. The Morgan fingerprint density at radius 2 is 2.12 bits per heavy atom. The van der Waals surface area contributed by atoms with Crippen LogP contribution in [0.3, 0.4) is 0 Å². The van der Waals surface area contributed by atoms with E-state index in [4.69, 9.17) is 10.6 Å². The number of anilines is 1. The molecule has 3 aromatic rings. The number of allylic oxidation sites excluding steroid dienone is 1. The highest BCUT2D eigenvalue weighted by Gasteiger charge is 2.20. The third-order valence-corrected chi connectivity index (χ3v) is 4.59. The fraction of sp³-hybridized carbons (Fsp3) is 0.111. The highest BCUT2D eigenvalue weighted by atomic mass is 32.1. The Labute approximate surface area is 153 Å². The number of aromatic nitrogens is 2. The van der Waals surface area contributed by atoms with Crippen molar-refractivity contribution in [2.45, 2.75) is 6.92 Å². The zero-order chi connectivity index (χ0) is 18.7. The molecule has 0 saturated heterocycles. The summed E-state index contributed by atoms with van der Waals surface area (Å²) in [5.74, 6) is 6.85. The zero-order valence-electron chi connectivity index (χ0n) is 14.2. The monoisotopic (exact) mass is 368 g/mol. The predicted octanol–water partition coefficient (Wildman–Crippen LogP) is 2.72. The number of hydrogen-bond donors (Lipinski definition) is 1. The van der Waals surface area contributed by atoms with E-state index in [1.807, 2.05) is 17.5 Å². The van der Waals surface area contributed by atoms with E-state index in [-0.39, 0.29) is 11.4 Å². The van der Waals surface area contributed by atoms with Crippen molar-refractivity contribution in [2.75, 3.05) is 12.1 Å². The third-order valence-electron chi connectivity index (χ3n) is 3.73. The van der Waals surface area contributed by atoms with Crippen molar-refractivity contribution in [3.8, 4) is 16.5 Å². The summed E-state index contributed by atoms with van der Waals surface area (Å²) in [6.07, 6.45) is 1.70. The lowest BCUT2D eigenvalue weighted by Gasteiger charge is -2.18. The maximum atomic E-state index is 12.5. The van der Waals surface area contributed by atoms with Crippen molar-refractivity contribution < 1.29 is 14.3 Å². The number of amides is 1. The van der Waals surface area contributed by atoms with Crippen LogP contribution in [0.25, 0.3) is 21.6 Å². The molecule has 1 amide bonds. The maximum Gasteiger partial charge on any atom is 0.269 e. The van der Waals surface area contributed by atoms with Gasteiger partial charge < -0.3 is 4.74 Å². The summed E-state index contributed by atoms with van der Waals surface area (Å²) in [6.45, 7) is 1.52. The second-order valence-electron chi connectivity index (χ2n) is 5.39. The summed E-state index contributed by atoms with van der Waals surface area (Å²) in [7, 11) is 1.57. The molecule has 0 saturated carbocycles. The summed E-state index contributed by atoms with van der Waals surface area (Å²) in [5.41, 5.74) is 0.804. The van der Waals surface area contributed by atoms with E-state index in [9.17, 15) is 9.59 Å². The molecular formula is C18H16N4O3S. The summed E-state index contributed by atoms with van der Waals surface area (Å²) in [5, 5.41) is 3.44. The van der Waals surface area contributed by atoms with E-state index in [0.29, 0.717) is 28.8 Å². The first-order valence-electron chi connectivity index (χ1n) is 7.66. The van der Waals surface area contributed by atoms with Crippen molar-refractivity contribution >= 4 is 40.3 Å². The van der Waals surface area contributed by atoms with Gasteiger partial charge in [-0.1, -0.05) is 6.07 Å². The first kappa shape index (κ1) is 17.7. The van der Waals surface area contributed by atoms with Crippen LogP contribution >= 0.6 is 11.3 Å². The van der Waals surface area contributed by atoms with E-state index in [0.717, 1.165) is 16.0 Å². The summed E-state index contributed by atoms with van der Waals surface area (Å²) in [4.78, 5) is 33.0. The van der Waals surface area contributed by atoms with Crippen molar-refractivity contribution in [3.05, 3.63) is 47.4 Å². The molecule has 0 bridgehead atoms. The minimum absolute atomic E-state index is 0.209. The number of benzene rings is 1. The Hall–Kier alpha value is -3.10. The topological polar surface area (TPSA) is 98.4 Å². The Kier molecular flexibility index (Phi) is 5.06. The standard InChI is InChI=1S/C18H16N4O3S/c1-11(7-8-23)18(24)22(19)17-13-6-5-12(25-2)10-14(13)20-16(21-17)15-4-3-9-26-15/h3-10H,19H2,1-2H3/b11-7-. The second kappa shape index (κ2) is 7.42. The van der Waals surface area contributed by atoms with Gasteiger partial charge in [0.25, 0.3) is 5.91 Å². The molecule has 3 rings (SSSR count). The highest BCUT2D eigenvalue weighted by Crippen LogP contribution is 2.31. The molecule has 0 atom stereocenters. The van der Waals surface area contributed by atoms with E-state index in [1.54, 1.807) is 25.3 Å². The van der Waals surface area contributed by atoms with Crippen LogP contribution in [-0.4, -0.2) is 29.3 Å². The first-order chi connectivity index (χ1) is 12.5. The largest absolute Gasteiger partial charge is 0.497 e. The molecule has 0 aliphatic carbocycles. The van der Waals surface area contributed by atoms with Crippen LogP contribution < -0.4 is 15.6 Å². The Morgan fingerprint density at radius 1 is 1.31 bits per heavy atom. The van der Waals surface area contributed by atoms with Gasteiger partial charge in [-0.3, -0.25) is 9.59 Å². The average molecular weight is 368 g/mol. The second-order valence-corrected chi connectivity index (χ2v) is 6.34. The molecule has 0 radical (unpaired) electrons. The number of hydrazine groups is 1. The van der Waals surface area contributed by atoms with Crippen molar-refractivity contribution in [1.29, 1.82) is 0 Å². The van der Waals surface area contributed by atoms with Crippen molar-refractivity contribution in [2.24, 2.45) is 5.84 Å². The van der Waals surface area contributed by atoms with Crippen LogP contribution in [-0.2, 0) is 9.59 Å². The quantitative estimate of drug-likeness (QED) is 0.244. The maximum absolute atomic E-state index is 12.5. The van der Waals surface area contributed by atoms with E-state index in [2.05, 4.69) is 9.97 Å². The predicted molar refractivity (Wildman–Crippen MR) is 101 cm³/mol. The minimum atomic E-state index is -0.523. The lowest BCUT2D eigenvalue weighted by molar-refractivity contribution is -0.115. The molecule has 2 aromatic heterocycles. The molecule has 2 N–H and O–H groups in total. The SMILES string of the molecule is COc1ccc2c(N(N)C(=O)/C(C)=C\C=O)nc(-c3cccs3)nc2c1. The fourth-order valence-electron chi connectivity index (χ4n) is 2.38. The number of methoxy groups -OCH3 is 1. The smallest absolute Gasteiger partial charge is 0.269 e. The molecular weight excluding hydrogens is 352 g/mol. The molecule has 132 valence electrons. The molecule has 0 aliphatic rings. The van der Waals surface area contributed by atoms with Crippen LogP contribution in [0.15, 0.2) is 47.4 Å². The van der Waals surface area contributed by atoms with Crippen molar-refractivity contribution in [3.63, 3.8) is 0 Å². The molecule has 8 heteroatoms. The number of rotatable bonds is 5. The van der Waals surface area contributed by atoms with Crippen LogP contribution in [0.2, 0.25) is 0 Å². The Bertz CT molecular complexity index is 999. The van der Waals surface area contributed by atoms with E-state index >= 15 is 0 Å². The summed E-state index contributed by atoms with van der Waals surface area (Å²) < 4.78 is 5.25. The van der Waals surface area contributed by atoms with Gasteiger partial charge in [0.05, 0.1) is 17.5 Å². The molecule has 0 spiro atoms. The normalized spacial score (nSPS) is 11.4. The van der Waals surface area contributed by atoms with Gasteiger partial charge >= 0.3 is 0 Å². The van der Waals surface area contributed by atoms with Crippen LogP contribution in [0.1, 0.15) is 6.92 Å². The van der Waals surface area contributed by atoms with Gasteiger partial charge in [-0.2, -0.15) is 0 Å². The molecule has 1 aromatic carbocycles. The Balaban J connectivity index is 2.20. The van der Waals surface area contributed by atoms with Gasteiger partial charge in [-0.15, -0.1) is 11.3 Å². The van der Waals surface area contributed by atoms with Gasteiger partial charge in [-0.05, 0) is 36.6 Å². The minimum Gasteiger partial charge on any atom is -0.497 e. The number of aldehydes is 1. The summed E-state index contributed by atoms with van der Waals surface area (Å²) >= 11 is 1.48. The zero-order valence-corrected chi connectivity index (χ0v) is 15.0. The molecule has 7 nitrogen and oxygen atoms in total. The number of nitrogens with two attached hydrogens (primary N) is 1. The molecule has 0 fully saturated rings. The summed E-state index contributed by atoms with van der Waals surface area (Å²) in [6, 6.07) is 9.02. The van der Waals surface area contributed by atoms with Crippen LogP contribution in [0, 0.1) is 0 Å². The highest BCUT2D eigenvalue weighted by molar-refractivity contribution is 7.13. The third kappa shape index (κ3) is 3.32. The van der Waals surface area contributed by atoms with E-state index < -0.39 is 5.91 Å². The van der Waals surface area contributed by atoms with E-state index in [1.165, 1.54) is 18.3 Å². The molecule has 2 heterocycles. The fourth-order valence-corrected chi connectivity index (χ4v) is 3.04. The number of thiophene rings is 1.